The van der Waals surface area contributed by atoms with Gasteiger partial charge in [0, 0.05) is 26.4 Å². The van der Waals surface area contributed by atoms with E-state index in [1.807, 2.05) is 6.07 Å². The number of ether oxygens (including phenoxy) is 2. The summed E-state index contributed by atoms with van der Waals surface area (Å²) < 4.78 is 11.8. The number of nitrogens with zero attached hydrogens (tertiary/aromatic N) is 3. The molecule has 1 aromatic heterocycles. The molecule has 1 atom stereocenters. The van der Waals surface area contributed by atoms with Crippen LogP contribution in [0.25, 0.3) is 5.76 Å². The van der Waals surface area contributed by atoms with E-state index in [1.54, 1.807) is 54.6 Å². The number of hydrogen-bond acceptors (Lipinski definition) is 9. The van der Waals surface area contributed by atoms with E-state index >= 15 is 0 Å². The lowest BCUT2D eigenvalue weighted by molar-refractivity contribution is -0.132. The summed E-state index contributed by atoms with van der Waals surface area (Å²) in [5.74, 6) is -0.615. The molecule has 4 aromatic rings. The molecule has 2 aliphatic heterocycles. The number of Topliss-reactive ketones (excluding diaryl/α,β-unsaturated/α-hetero) is 1. The van der Waals surface area contributed by atoms with Crippen molar-refractivity contribution < 1.29 is 24.2 Å². The van der Waals surface area contributed by atoms with Gasteiger partial charge in [0.25, 0.3) is 5.78 Å². The van der Waals surface area contributed by atoms with Crippen LogP contribution in [0.15, 0.2) is 70.6 Å². The van der Waals surface area contributed by atoms with Crippen LogP contribution in [0.2, 0.25) is 15.1 Å². The van der Waals surface area contributed by atoms with Crippen molar-refractivity contribution >= 4 is 80.5 Å². The fourth-order valence-corrected chi connectivity index (χ4v) is 7.13. The van der Waals surface area contributed by atoms with E-state index in [9.17, 15) is 14.7 Å². The van der Waals surface area contributed by atoms with Crippen LogP contribution in [0, 0.1) is 0 Å². The monoisotopic (exact) mass is 645 g/mol. The maximum absolute atomic E-state index is 13.5. The second-order valence-electron chi connectivity index (χ2n) is 8.96. The smallest absolute Gasteiger partial charge is 0.301 e. The van der Waals surface area contributed by atoms with Crippen molar-refractivity contribution in [2.24, 2.45) is 0 Å². The van der Waals surface area contributed by atoms with Crippen molar-refractivity contribution in [2.45, 2.75) is 16.1 Å². The second kappa shape index (κ2) is 11.5. The number of ketones is 1. The predicted molar refractivity (Wildman–Crippen MR) is 160 cm³/mol. The first-order valence-electron chi connectivity index (χ1n) is 12.2. The Morgan fingerprint density at radius 3 is 2.54 bits per heavy atom. The number of fused-ring (bicyclic) bond motifs is 1. The Labute approximate surface area is 257 Å². The number of aliphatic hydroxyl groups excluding tert-OH is 1. The third-order valence-electron chi connectivity index (χ3n) is 6.39. The predicted octanol–water partition coefficient (Wildman–Crippen LogP) is 7.19. The number of benzene rings is 3. The van der Waals surface area contributed by atoms with Crippen LogP contribution in [0.3, 0.4) is 0 Å². The number of anilines is 1. The number of thioether (sulfide) groups is 1. The van der Waals surface area contributed by atoms with Crippen LogP contribution in [-0.4, -0.2) is 40.2 Å². The lowest BCUT2D eigenvalue weighted by Gasteiger charge is -2.23. The topological polar surface area (TPSA) is 102 Å². The molecule has 1 fully saturated rings. The number of hydrogen-bond donors (Lipinski definition) is 1. The third kappa shape index (κ3) is 5.50. The Kier molecular flexibility index (Phi) is 7.84. The first-order valence-corrected chi connectivity index (χ1v) is 15.1. The van der Waals surface area contributed by atoms with Gasteiger partial charge in [0.2, 0.25) is 5.13 Å². The van der Waals surface area contributed by atoms with E-state index in [0.717, 1.165) is 16.9 Å². The third-order valence-corrected chi connectivity index (χ3v) is 9.32. The standard InChI is InChI=1S/C28H18Cl3N3O5S2/c29-17-3-1-2-14(10-17)23-22(24(35)15-5-7-20-21(11-15)39-9-8-38-20)25(36)26(37)34(23)27-32-33-28(41-27)40-13-16-4-6-18(30)12-19(16)31/h1-7,10-12,23,35H,8-9,13H2/t23-/m0/s1. The van der Waals surface area contributed by atoms with Gasteiger partial charge in [-0.25, -0.2) is 0 Å². The summed E-state index contributed by atoms with van der Waals surface area (Å²) in [7, 11) is 0. The molecule has 0 bridgehead atoms. The summed E-state index contributed by atoms with van der Waals surface area (Å²) in [6, 6.07) is 15.8. The minimum atomic E-state index is -1.00. The van der Waals surface area contributed by atoms with Gasteiger partial charge in [0.05, 0.1) is 11.6 Å². The molecule has 3 heterocycles. The molecule has 0 unspecified atom stereocenters. The van der Waals surface area contributed by atoms with Gasteiger partial charge in [0.1, 0.15) is 19.0 Å². The molecule has 0 spiro atoms. The van der Waals surface area contributed by atoms with Crippen LogP contribution < -0.4 is 14.4 Å². The summed E-state index contributed by atoms with van der Waals surface area (Å²) in [5, 5.41) is 21.5. The van der Waals surface area contributed by atoms with Gasteiger partial charge in [-0.3, -0.25) is 14.5 Å². The molecule has 13 heteroatoms. The number of aliphatic hydroxyl groups is 1. The Balaban J connectivity index is 1.38. The Morgan fingerprint density at radius 2 is 1.76 bits per heavy atom. The van der Waals surface area contributed by atoms with Crippen LogP contribution >= 0.6 is 57.9 Å². The Morgan fingerprint density at radius 1 is 0.976 bits per heavy atom. The van der Waals surface area contributed by atoms with Crippen LogP contribution in [0.5, 0.6) is 11.5 Å². The molecule has 1 N–H and O–H groups in total. The lowest BCUT2D eigenvalue weighted by atomic mass is 9.95. The molecule has 1 amide bonds. The van der Waals surface area contributed by atoms with Gasteiger partial charge < -0.3 is 14.6 Å². The van der Waals surface area contributed by atoms with Gasteiger partial charge in [-0.05, 0) is 53.6 Å². The molecule has 3 aromatic carbocycles. The highest BCUT2D eigenvalue weighted by Crippen LogP contribution is 2.45. The Hall–Kier alpha value is -3.28. The molecule has 8 nitrogen and oxygen atoms in total. The summed E-state index contributed by atoms with van der Waals surface area (Å²) in [5.41, 5.74) is 1.57. The number of aromatic nitrogens is 2. The highest BCUT2D eigenvalue weighted by Gasteiger charge is 2.48. The van der Waals surface area contributed by atoms with E-state index < -0.39 is 17.7 Å². The van der Waals surface area contributed by atoms with E-state index in [0.29, 0.717) is 61.0 Å². The number of rotatable bonds is 6. The summed E-state index contributed by atoms with van der Waals surface area (Å²) >= 11 is 21.1. The number of halogens is 3. The Bertz CT molecular complexity index is 1730. The SMILES string of the molecule is O=C1C(=O)N(c2nnc(SCc3ccc(Cl)cc3Cl)s2)[C@@H](c2cccc(Cl)c2)C1=C(O)c1ccc2c(c1)OCCO2. The normalized spacial score (nSPS) is 17.7. The number of carbonyl (C=O) groups is 2. The molecule has 0 radical (unpaired) electrons. The van der Waals surface area contributed by atoms with Gasteiger partial charge >= 0.3 is 5.91 Å². The first-order chi connectivity index (χ1) is 19.8. The fourth-order valence-electron chi connectivity index (χ4n) is 4.50. The van der Waals surface area contributed by atoms with E-state index in [4.69, 9.17) is 44.3 Å². The van der Waals surface area contributed by atoms with Crippen LogP contribution in [-0.2, 0) is 15.3 Å². The van der Waals surface area contributed by atoms with Crippen molar-refractivity contribution in [1.29, 1.82) is 0 Å². The van der Waals surface area contributed by atoms with Gasteiger partial charge in [0.15, 0.2) is 15.8 Å². The molecule has 1 saturated heterocycles. The van der Waals surface area contributed by atoms with Crippen LogP contribution in [0.4, 0.5) is 5.13 Å². The molecule has 0 aliphatic carbocycles. The maximum Gasteiger partial charge on any atom is 0.301 e. The van der Waals surface area contributed by atoms with Crippen molar-refractivity contribution in [3.8, 4) is 11.5 Å². The van der Waals surface area contributed by atoms with Crippen LogP contribution in [0.1, 0.15) is 22.7 Å². The van der Waals surface area contributed by atoms with Crippen molar-refractivity contribution in [3.63, 3.8) is 0 Å². The van der Waals surface area contributed by atoms with E-state index in [1.165, 1.54) is 16.7 Å². The quantitative estimate of drug-likeness (QED) is 0.0773. The zero-order valence-electron chi connectivity index (χ0n) is 20.8. The molecule has 41 heavy (non-hydrogen) atoms. The van der Waals surface area contributed by atoms with E-state index in [-0.39, 0.29) is 16.5 Å². The maximum atomic E-state index is 13.5. The molecular weight excluding hydrogens is 629 g/mol. The molecular formula is C28H18Cl3N3O5S2. The second-order valence-corrected chi connectivity index (χ2v) is 12.4. The highest BCUT2D eigenvalue weighted by molar-refractivity contribution is 8.00. The molecule has 6 rings (SSSR count). The molecule has 0 saturated carbocycles. The van der Waals surface area contributed by atoms with Gasteiger partial charge in [-0.1, -0.05) is 76.1 Å². The summed E-state index contributed by atoms with van der Waals surface area (Å²) in [6.45, 7) is 0.763. The van der Waals surface area contributed by atoms with Gasteiger partial charge in [-0.15, -0.1) is 10.2 Å². The first kappa shape index (κ1) is 27.9. The summed E-state index contributed by atoms with van der Waals surface area (Å²) in [4.78, 5) is 28.2. The molecule has 208 valence electrons. The number of carbonyl (C=O) groups excluding carboxylic acids is 2. The largest absolute Gasteiger partial charge is 0.507 e. The number of amides is 1. The fraction of sp³-hybridized carbons (Fsp3) is 0.143. The zero-order valence-corrected chi connectivity index (χ0v) is 24.7. The average Bonchev–Trinajstić information content (AvgIpc) is 3.53. The minimum absolute atomic E-state index is 0.105. The van der Waals surface area contributed by atoms with Crippen molar-refractivity contribution in [2.75, 3.05) is 18.1 Å². The molecule has 2 aliphatic rings. The van der Waals surface area contributed by atoms with Crippen molar-refractivity contribution in [1.82, 2.24) is 10.2 Å². The summed E-state index contributed by atoms with van der Waals surface area (Å²) in [6.07, 6.45) is 0. The highest BCUT2D eigenvalue weighted by atomic mass is 35.5. The average molecular weight is 647 g/mol. The zero-order chi connectivity index (χ0) is 28.7. The van der Waals surface area contributed by atoms with Crippen molar-refractivity contribution in [3.05, 3.63) is 98.0 Å². The minimum Gasteiger partial charge on any atom is -0.507 e. The van der Waals surface area contributed by atoms with E-state index in [2.05, 4.69) is 10.2 Å². The lowest BCUT2D eigenvalue weighted by Crippen LogP contribution is -2.29. The van der Waals surface area contributed by atoms with Gasteiger partial charge in [-0.2, -0.15) is 0 Å².